The fraction of sp³-hybridized carbons (Fsp3) is 0.474. The van der Waals surface area contributed by atoms with Crippen LogP contribution < -0.4 is 10.2 Å². The highest BCUT2D eigenvalue weighted by Crippen LogP contribution is 2.25. The lowest BCUT2D eigenvalue weighted by molar-refractivity contribution is -0.222. The number of carbonyl (C=O) groups is 2. The zero-order chi connectivity index (χ0) is 19.6. The highest BCUT2D eigenvalue weighted by molar-refractivity contribution is 6.15. The third kappa shape index (κ3) is 4.39. The zero-order valence-electron chi connectivity index (χ0n) is 15.8. The van der Waals surface area contributed by atoms with Crippen LogP contribution >= 0.6 is 0 Å². The molecule has 1 aromatic rings. The van der Waals surface area contributed by atoms with Crippen molar-refractivity contribution in [2.24, 2.45) is 0 Å². The van der Waals surface area contributed by atoms with E-state index < -0.39 is 23.5 Å². The third-order valence-corrected chi connectivity index (χ3v) is 4.63. The van der Waals surface area contributed by atoms with Crippen molar-refractivity contribution < 1.29 is 23.5 Å². The predicted octanol–water partition coefficient (Wildman–Crippen LogP) is 2.10. The van der Waals surface area contributed by atoms with E-state index in [9.17, 15) is 14.0 Å². The number of anilines is 2. The topological polar surface area (TPSA) is 71.1 Å². The van der Waals surface area contributed by atoms with Gasteiger partial charge in [-0.15, -0.1) is 0 Å². The number of likely N-dealkylation sites (N-methyl/N-ethyl adjacent to an activating group) is 1. The summed E-state index contributed by atoms with van der Waals surface area (Å²) in [6, 6.07) is 4.84. The molecule has 0 saturated carbocycles. The molecule has 1 N–H and O–H groups in total. The molecule has 2 aliphatic rings. The summed E-state index contributed by atoms with van der Waals surface area (Å²) in [4.78, 5) is 28.3. The molecule has 8 heteroatoms. The minimum Gasteiger partial charge on any atom is -0.419 e. The van der Waals surface area contributed by atoms with Crippen molar-refractivity contribution in [3.05, 3.63) is 35.8 Å². The summed E-state index contributed by atoms with van der Waals surface area (Å²) in [6.07, 6.45) is 1.11. The molecule has 0 spiro atoms. The van der Waals surface area contributed by atoms with Crippen molar-refractivity contribution in [1.29, 1.82) is 0 Å². The molecule has 0 atom stereocenters. The van der Waals surface area contributed by atoms with Crippen LogP contribution in [0.3, 0.4) is 0 Å². The Balaban J connectivity index is 1.68. The standard InChI is InChI=1S/C19H24FN3O4/c1-4-22-7-9-23(10-8-22)13-5-6-16(15(20)11-13)21-12-14-17(24)26-19(2,3)27-18(14)25/h5-6,11-12,21H,4,7-10H2,1-3H3. The van der Waals surface area contributed by atoms with E-state index >= 15 is 0 Å². The van der Waals surface area contributed by atoms with Crippen LogP contribution in [0.4, 0.5) is 15.8 Å². The van der Waals surface area contributed by atoms with Crippen LogP contribution in [0.1, 0.15) is 20.8 Å². The lowest BCUT2D eigenvalue weighted by Crippen LogP contribution is -2.46. The molecule has 146 valence electrons. The number of hydrogen-bond donors (Lipinski definition) is 1. The van der Waals surface area contributed by atoms with Crippen LogP contribution in [0.15, 0.2) is 30.0 Å². The van der Waals surface area contributed by atoms with Crippen LogP contribution in [-0.2, 0) is 19.1 Å². The maximum Gasteiger partial charge on any atom is 0.350 e. The van der Waals surface area contributed by atoms with E-state index in [4.69, 9.17) is 9.47 Å². The maximum absolute atomic E-state index is 14.5. The molecule has 3 rings (SSSR count). The number of hydrogen-bond acceptors (Lipinski definition) is 7. The fourth-order valence-electron chi connectivity index (χ4n) is 3.07. The van der Waals surface area contributed by atoms with Crippen LogP contribution in [0.2, 0.25) is 0 Å². The highest BCUT2D eigenvalue weighted by Gasteiger charge is 2.39. The number of cyclic esters (lactones) is 2. The fourth-order valence-corrected chi connectivity index (χ4v) is 3.07. The number of halogens is 1. The largest absolute Gasteiger partial charge is 0.419 e. The smallest absolute Gasteiger partial charge is 0.350 e. The van der Waals surface area contributed by atoms with Crippen molar-refractivity contribution in [3.63, 3.8) is 0 Å². The Hall–Kier alpha value is -2.61. The minimum absolute atomic E-state index is 0.156. The first-order valence-electron chi connectivity index (χ1n) is 8.99. The summed E-state index contributed by atoms with van der Waals surface area (Å²) >= 11 is 0. The van der Waals surface area contributed by atoms with Gasteiger partial charge in [-0.3, -0.25) is 0 Å². The number of piperazine rings is 1. The predicted molar refractivity (Wildman–Crippen MR) is 98.7 cm³/mol. The van der Waals surface area contributed by atoms with Crippen molar-refractivity contribution in [1.82, 2.24) is 4.90 Å². The van der Waals surface area contributed by atoms with E-state index in [2.05, 4.69) is 22.0 Å². The van der Waals surface area contributed by atoms with Gasteiger partial charge in [-0.05, 0) is 24.7 Å². The SMILES string of the molecule is CCN1CCN(c2ccc(NC=C3C(=O)OC(C)(C)OC3=O)c(F)c2)CC1. The van der Waals surface area contributed by atoms with Crippen LogP contribution in [0.5, 0.6) is 0 Å². The average Bonchev–Trinajstić information content (AvgIpc) is 2.61. The highest BCUT2D eigenvalue weighted by atomic mass is 19.1. The summed E-state index contributed by atoms with van der Waals surface area (Å²) in [5.74, 6) is -3.40. The first-order chi connectivity index (χ1) is 12.8. The number of esters is 2. The van der Waals surface area contributed by atoms with Gasteiger partial charge in [0, 0.05) is 51.9 Å². The maximum atomic E-state index is 14.5. The molecule has 0 radical (unpaired) electrons. The number of benzene rings is 1. The van der Waals surface area contributed by atoms with E-state index in [1.54, 1.807) is 6.07 Å². The molecule has 7 nitrogen and oxygen atoms in total. The zero-order valence-corrected chi connectivity index (χ0v) is 15.8. The summed E-state index contributed by atoms with van der Waals surface area (Å²) < 4.78 is 24.5. The normalized spacial score (nSPS) is 20.1. The van der Waals surface area contributed by atoms with Gasteiger partial charge < -0.3 is 24.6 Å². The molecule has 2 aliphatic heterocycles. The number of nitrogens with zero attached hydrogens (tertiary/aromatic N) is 2. The van der Waals surface area contributed by atoms with Gasteiger partial charge in [0.1, 0.15) is 5.82 Å². The molecule has 0 amide bonds. The van der Waals surface area contributed by atoms with Crippen LogP contribution in [-0.4, -0.2) is 55.3 Å². The summed E-state index contributed by atoms with van der Waals surface area (Å²) in [7, 11) is 0. The second-order valence-corrected chi connectivity index (χ2v) is 6.97. The molecule has 0 aliphatic carbocycles. The molecule has 2 fully saturated rings. The Bertz CT molecular complexity index is 748. The second kappa shape index (κ2) is 7.56. The minimum atomic E-state index is -1.31. The third-order valence-electron chi connectivity index (χ3n) is 4.63. The molecule has 1 aromatic carbocycles. The monoisotopic (exact) mass is 377 g/mol. The Kier molecular flexibility index (Phi) is 5.36. The molecule has 27 heavy (non-hydrogen) atoms. The van der Waals surface area contributed by atoms with Gasteiger partial charge in [0.15, 0.2) is 5.57 Å². The van der Waals surface area contributed by atoms with Gasteiger partial charge in [-0.25, -0.2) is 14.0 Å². The molecule has 2 saturated heterocycles. The van der Waals surface area contributed by atoms with E-state index in [-0.39, 0.29) is 11.3 Å². The van der Waals surface area contributed by atoms with Gasteiger partial charge in [0.25, 0.3) is 5.79 Å². The van der Waals surface area contributed by atoms with E-state index in [0.717, 1.165) is 44.6 Å². The Morgan fingerprint density at radius 1 is 1.15 bits per heavy atom. The number of rotatable bonds is 4. The molecular weight excluding hydrogens is 353 g/mol. The molecular formula is C19H24FN3O4. The number of carbonyl (C=O) groups excluding carboxylic acids is 2. The van der Waals surface area contributed by atoms with Crippen molar-refractivity contribution >= 4 is 23.3 Å². The first-order valence-corrected chi connectivity index (χ1v) is 8.99. The summed E-state index contributed by atoms with van der Waals surface area (Å²) in [5, 5.41) is 2.65. The summed E-state index contributed by atoms with van der Waals surface area (Å²) in [5.41, 5.74) is 0.650. The Morgan fingerprint density at radius 3 is 2.33 bits per heavy atom. The van der Waals surface area contributed by atoms with Gasteiger partial charge in [-0.1, -0.05) is 6.92 Å². The molecule has 2 heterocycles. The van der Waals surface area contributed by atoms with Gasteiger partial charge in [0.2, 0.25) is 0 Å². The van der Waals surface area contributed by atoms with Gasteiger partial charge in [0.05, 0.1) is 5.69 Å². The Labute approximate surface area is 157 Å². The lowest BCUT2D eigenvalue weighted by atomic mass is 10.2. The quantitative estimate of drug-likeness (QED) is 0.489. The van der Waals surface area contributed by atoms with E-state index in [0.29, 0.717) is 0 Å². The number of nitrogens with one attached hydrogen (secondary N) is 1. The van der Waals surface area contributed by atoms with Crippen molar-refractivity contribution in [2.75, 3.05) is 42.9 Å². The first kappa shape index (κ1) is 19.2. The van der Waals surface area contributed by atoms with Gasteiger partial charge >= 0.3 is 11.9 Å². The molecule has 0 bridgehead atoms. The summed E-state index contributed by atoms with van der Waals surface area (Å²) in [6.45, 7) is 9.66. The van der Waals surface area contributed by atoms with Crippen molar-refractivity contribution in [3.8, 4) is 0 Å². The second-order valence-electron chi connectivity index (χ2n) is 6.97. The van der Waals surface area contributed by atoms with Crippen molar-refractivity contribution in [2.45, 2.75) is 26.6 Å². The van der Waals surface area contributed by atoms with Gasteiger partial charge in [-0.2, -0.15) is 0 Å². The lowest BCUT2D eigenvalue weighted by Gasteiger charge is -2.35. The van der Waals surface area contributed by atoms with E-state index in [1.165, 1.54) is 19.9 Å². The van der Waals surface area contributed by atoms with Crippen LogP contribution in [0.25, 0.3) is 0 Å². The average molecular weight is 377 g/mol. The molecule has 0 aromatic heterocycles. The molecule has 0 unspecified atom stereocenters. The number of ether oxygens (including phenoxy) is 2. The van der Waals surface area contributed by atoms with Crippen LogP contribution in [0, 0.1) is 5.82 Å². The van der Waals surface area contributed by atoms with E-state index in [1.807, 2.05) is 6.07 Å². The Morgan fingerprint density at radius 2 is 1.78 bits per heavy atom.